The predicted octanol–water partition coefficient (Wildman–Crippen LogP) is 5.42. The Labute approximate surface area is 164 Å². The van der Waals surface area contributed by atoms with Crippen molar-refractivity contribution in [3.63, 3.8) is 0 Å². The van der Waals surface area contributed by atoms with Gasteiger partial charge in [-0.05, 0) is 48.4 Å². The second-order valence-electron chi connectivity index (χ2n) is 5.75. The van der Waals surface area contributed by atoms with Gasteiger partial charge in [0.05, 0.1) is 17.8 Å². The van der Waals surface area contributed by atoms with Gasteiger partial charge >= 0.3 is 6.03 Å². The molecule has 0 unspecified atom stereocenters. The molecule has 0 heterocycles. The van der Waals surface area contributed by atoms with Crippen molar-refractivity contribution in [3.8, 4) is 5.75 Å². The first kappa shape index (κ1) is 20.1. The number of amides is 2. The maximum absolute atomic E-state index is 12.2. The molecule has 5 nitrogen and oxygen atoms in total. The molecule has 0 aliphatic carbocycles. The number of hydrogen-bond acceptors (Lipinski definition) is 3. The van der Waals surface area contributed by atoms with E-state index in [2.05, 4.69) is 17.2 Å². The molecular formula is C21H22ClN3O2. The molecule has 2 rings (SSSR count). The minimum atomic E-state index is -0.405. The highest BCUT2D eigenvalue weighted by molar-refractivity contribution is 6.33. The maximum Gasteiger partial charge on any atom is 0.323 e. The molecule has 6 heteroatoms. The molecular weight excluding hydrogens is 362 g/mol. The van der Waals surface area contributed by atoms with E-state index >= 15 is 0 Å². The second kappa shape index (κ2) is 9.50. The minimum absolute atomic E-state index is 0.405. The van der Waals surface area contributed by atoms with E-state index in [1.54, 1.807) is 43.5 Å². The number of ether oxygens (including phenoxy) is 1. The third-order valence-electron chi connectivity index (χ3n) is 3.58. The smallest absolute Gasteiger partial charge is 0.323 e. The lowest BCUT2D eigenvalue weighted by molar-refractivity contribution is 0.262. The lowest BCUT2D eigenvalue weighted by Crippen LogP contribution is -2.19. The van der Waals surface area contributed by atoms with E-state index in [-0.39, 0.29) is 0 Å². The van der Waals surface area contributed by atoms with Crippen LogP contribution in [0.5, 0.6) is 5.75 Å². The summed E-state index contributed by atoms with van der Waals surface area (Å²) in [5.41, 5.74) is 9.46. The quantitative estimate of drug-likeness (QED) is 0.582. The zero-order valence-corrected chi connectivity index (χ0v) is 16.0. The minimum Gasteiger partial charge on any atom is -0.497 e. The van der Waals surface area contributed by atoms with Crippen LogP contribution in [0.4, 0.5) is 16.2 Å². The van der Waals surface area contributed by atoms with Crippen LogP contribution in [0.3, 0.4) is 0 Å². The first-order chi connectivity index (χ1) is 12.9. The molecule has 0 aliphatic heterocycles. The van der Waals surface area contributed by atoms with Gasteiger partial charge in [0.25, 0.3) is 0 Å². The number of halogens is 1. The van der Waals surface area contributed by atoms with Gasteiger partial charge in [0.1, 0.15) is 5.75 Å². The van der Waals surface area contributed by atoms with Crippen LogP contribution in [-0.4, -0.2) is 13.1 Å². The highest BCUT2D eigenvalue weighted by atomic mass is 35.5. The summed E-state index contributed by atoms with van der Waals surface area (Å²) in [6.07, 6.45) is 5.43. The van der Waals surface area contributed by atoms with Gasteiger partial charge in [-0.25, -0.2) is 4.79 Å². The second-order valence-corrected chi connectivity index (χ2v) is 6.16. The van der Waals surface area contributed by atoms with Crippen molar-refractivity contribution in [2.75, 3.05) is 17.7 Å². The van der Waals surface area contributed by atoms with E-state index in [4.69, 9.17) is 22.1 Å². The Balaban J connectivity index is 2.10. The van der Waals surface area contributed by atoms with Crippen molar-refractivity contribution in [2.24, 2.45) is 5.73 Å². The van der Waals surface area contributed by atoms with Gasteiger partial charge in [0.15, 0.2) is 0 Å². The third kappa shape index (κ3) is 5.94. The Morgan fingerprint density at radius 1 is 1.19 bits per heavy atom. The average molecular weight is 384 g/mol. The molecule has 2 aromatic carbocycles. The van der Waals surface area contributed by atoms with E-state index in [1.165, 1.54) is 0 Å². The lowest BCUT2D eigenvalue weighted by Gasteiger charge is -2.11. The topological polar surface area (TPSA) is 76.4 Å². The number of nitrogens with one attached hydrogen (secondary N) is 2. The molecule has 0 aromatic heterocycles. The van der Waals surface area contributed by atoms with Crippen molar-refractivity contribution >= 4 is 34.6 Å². The van der Waals surface area contributed by atoms with Crippen LogP contribution in [0, 0.1) is 0 Å². The van der Waals surface area contributed by atoms with E-state index < -0.39 is 6.03 Å². The number of hydrogen-bond donors (Lipinski definition) is 3. The summed E-state index contributed by atoms with van der Waals surface area (Å²) < 4.78 is 5.14. The zero-order chi connectivity index (χ0) is 19.8. The Kier molecular flexibility index (Phi) is 7.08. The van der Waals surface area contributed by atoms with Crippen LogP contribution in [0.1, 0.15) is 12.5 Å². The van der Waals surface area contributed by atoms with E-state index in [1.807, 2.05) is 31.2 Å². The Bertz CT molecular complexity index is 883. The summed E-state index contributed by atoms with van der Waals surface area (Å²) in [4.78, 5) is 12.2. The number of carbonyl (C=O) groups excluding carboxylic acids is 1. The maximum atomic E-state index is 12.2. The van der Waals surface area contributed by atoms with Crippen LogP contribution in [-0.2, 0) is 0 Å². The number of methoxy groups -OCH3 is 1. The summed E-state index contributed by atoms with van der Waals surface area (Å²) in [6.45, 7) is 5.54. The van der Waals surface area contributed by atoms with Crippen LogP contribution >= 0.6 is 11.6 Å². The zero-order valence-electron chi connectivity index (χ0n) is 15.3. The van der Waals surface area contributed by atoms with Crippen LogP contribution < -0.4 is 21.1 Å². The summed E-state index contributed by atoms with van der Waals surface area (Å²) >= 11 is 6.10. The first-order valence-corrected chi connectivity index (χ1v) is 8.59. The fraction of sp³-hybridized carbons (Fsp3) is 0.0952. The Hall–Kier alpha value is -3.18. The molecule has 0 aliphatic rings. The third-order valence-corrected chi connectivity index (χ3v) is 3.91. The molecule has 140 valence electrons. The summed E-state index contributed by atoms with van der Waals surface area (Å²) in [6, 6.07) is 12.0. The Morgan fingerprint density at radius 2 is 1.89 bits per heavy atom. The van der Waals surface area contributed by atoms with Crippen LogP contribution in [0.15, 0.2) is 73.0 Å². The molecule has 0 radical (unpaired) electrons. The Morgan fingerprint density at radius 3 is 2.48 bits per heavy atom. The monoisotopic (exact) mass is 383 g/mol. The van der Waals surface area contributed by atoms with E-state index in [0.717, 1.165) is 11.1 Å². The van der Waals surface area contributed by atoms with Gasteiger partial charge in [0.2, 0.25) is 0 Å². The van der Waals surface area contributed by atoms with Crippen LogP contribution in [0.25, 0.3) is 5.57 Å². The highest BCUT2D eigenvalue weighted by Gasteiger charge is 2.08. The van der Waals surface area contributed by atoms with E-state index in [0.29, 0.717) is 27.8 Å². The van der Waals surface area contributed by atoms with Crippen molar-refractivity contribution in [3.05, 3.63) is 83.6 Å². The van der Waals surface area contributed by atoms with Crippen molar-refractivity contribution in [2.45, 2.75) is 6.92 Å². The molecule has 4 N–H and O–H groups in total. The van der Waals surface area contributed by atoms with Crippen molar-refractivity contribution < 1.29 is 9.53 Å². The van der Waals surface area contributed by atoms with E-state index in [9.17, 15) is 4.79 Å². The molecule has 0 atom stereocenters. The molecule has 2 aromatic rings. The summed E-state index contributed by atoms with van der Waals surface area (Å²) in [7, 11) is 1.55. The average Bonchev–Trinajstić information content (AvgIpc) is 2.63. The number of allylic oxidation sites excluding steroid dienone is 5. The van der Waals surface area contributed by atoms with Crippen LogP contribution in [0.2, 0.25) is 5.02 Å². The molecule has 0 fully saturated rings. The van der Waals surface area contributed by atoms with Gasteiger partial charge in [-0.1, -0.05) is 42.5 Å². The number of nitrogens with two attached hydrogens (primary N) is 1. The van der Waals surface area contributed by atoms with Gasteiger partial charge in [-0.15, -0.1) is 0 Å². The van der Waals surface area contributed by atoms with Gasteiger partial charge < -0.3 is 21.1 Å². The number of urea groups is 1. The first-order valence-electron chi connectivity index (χ1n) is 8.21. The van der Waals surface area contributed by atoms with Crippen molar-refractivity contribution in [1.29, 1.82) is 0 Å². The molecule has 27 heavy (non-hydrogen) atoms. The summed E-state index contributed by atoms with van der Waals surface area (Å²) in [5, 5.41) is 5.89. The predicted molar refractivity (Wildman–Crippen MR) is 113 cm³/mol. The summed E-state index contributed by atoms with van der Waals surface area (Å²) in [5.74, 6) is 0.601. The highest BCUT2D eigenvalue weighted by Crippen LogP contribution is 2.27. The largest absolute Gasteiger partial charge is 0.497 e. The lowest BCUT2D eigenvalue weighted by atomic mass is 10.0. The standard InChI is InChI=1S/C21H22ClN3O2/c1-4-5-16(12-14(2)23)15-6-8-17(9-7-15)24-21(26)25-20-13-18(27-3)10-11-19(20)22/h4-13H,1,23H2,2-3H3,(H2,24,25,26)/b14-12-,16-5+. The number of rotatable bonds is 6. The molecule has 0 spiro atoms. The fourth-order valence-electron chi connectivity index (χ4n) is 2.36. The molecule has 0 bridgehead atoms. The molecule has 2 amide bonds. The number of carbonyl (C=O) groups is 1. The van der Waals surface area contributed by atoms with Gasteiger partial charge in [-0.3, -0.25) is 0 Å². The number of benzene rings is 2. The SMILES string of the molecule is C=C/C=C(\C=C(\C)N)c1ccc(NC(=O)Nc2cc(OC)ccc2Cl)cc1. The van der Waals surface area contributed by atoms with Gasteiger partial charge in [0, 0.05) is 17.5 Å². The fourth-order valence-corrected chi connectivity index (χ4v) is 2.52. The van der Waals surface area contributed by atoms with Crippen molar-refractivity contribution in [1.82, 2.24) is 0 Å². The number of anilines is 2. The molecule has 0 saturated heterocycles. The molecule has 0 saturated carbocycles. The normalized spacial score (nSPS) is 11.7. The van der Waals surface area contributed by atoms with Gasteiger partial charge in [-0.2, -0.15) is 0 Å².